The smallest absolute Gasteiger partial charge is 0.108 e. The van der Waals surface area contributed by atoms with Crippen LogP contribution < -0.4 is 0 Å². The molecule has 0 radical (unpaired) electrons. The highest BCUT2D eigenvalue weighted by molar-refractivity contribution is 5.39. The quantitative estimate of drug-likeness (QED) is 0.796. The summed E-state index contributed by atoms with van der Waals surface area (Å²) in [6, 6.07) is 10.1. The first-order valence-electron chi connectivity index (χ1n) is 7.34. The van der Waals surface area contributed by atoms with E-state index in [1.165, 1.54) is 18.4 Å². The Morgan fingerprint density at radius 2 is 2.00 bits per heavy atom. The van der Waals surface area contributed by atoms with Gasteiger partial charge >= 0.3 is 0 Å². The molecule has 1 heteroatoms. The van der Waals surface area contributed by atoms with Gasteiger partial charge in [0.25, 0.3) is 0 Å². The molecule has 98 valence electrons. The van der Waals surface area contributed by atoms with Crippen LogP contribution in [-0.2, 0) is 5.60 Å². The Kier molecular flexibility index (Phi) is 2.32. The molecule has 0 heterocycles. The molecule has 1 saturated carbocycles. The van der Waals surface area contributed by atoms with Crippen molar-refractivity contribution < 1.29 is 5.11 Å². The van der Waals surface area contributed by atoms with Crippen molar-refractivity contribution in [3.63, 3.8) is 0 Å². The zero-order valence-electron chi connectivity index (χ0n) is 11.3. The second-order valence-electron chi connectivity index (χ2n) is 6.47. The predicted molar refractivity (Wildman–Crippen MR) is 76.4 cm³/mol. The van der Waals surface area contributed by atoms with E-state index in [4.69, 9.17) is 0 Å². The highest BCUT2D eigenvalue weighted by atomic mass is 16.3. The number of benzene rings is 1. The Hall–Kier alpha value is -1.34. The van der Waals surface area contributed by atoms with Gasteiger partial charge in [0.05, 0.1) is 0 Å². The molecular weight excluding hydrogens is 232 g/mol. The van der Waals surface area contributed by atoms with Crippen molar-refractivity contribution >= 4 is 0 Å². The van der Waals surface area contributed by atoms with Gasteiger partial charge in [0.1, 0.15) is 5.60 Å². The van der Waals surface area contributed by atoms with Crippen molar-refractivity contribution in [2.24, 2.45) is 23.7 Å². The molecule has 1 fully saturated rings. The standard InChI is InChI=1S/C18H20O/c1-18(19,13-6-3-2-4-7-13)17-11-12-10-16(17)15-9-5-8-14(12)15/h2-7,9,11-12,14-16,19H,8,10H2,1H3. The summed E-state index contributed by atoms with van der Waals surface area (Å²) in [5.74, 6) is 2.75. The molecule has 0 amide bonds. The third-order valence-electron chi connectivity index (χ3n) is 5.49. The van der Waals surface area contributed by atoms with Crippen molar-refractivity contribution in [2.45, 2.75) is 25.4 Å². The molecule has 1 N–H and O–H groups in total. The molecule has 4 rings (SSSR count). The van der Waals surface area contributed by atoms with E-state index in [1.807, 2.05) is 37.3 Å². The van der Waals surface area contributed by atoms with Crippen LogP contribution in [0.1, 0.15) is 25.3 Å². The molecule has 5 unspecified atom stereocenters. The Morgan fingerprint density at radius 1 is 1.21 bits per heavy atom. The van der Waals surface area contributed by atoms with Crippen molar-refractivity contribution in [3.05, 3.63) is 59.7 Å². The van der Waals surface area contributed by atoms with Crippen LogP contribution in [0.4, 0.5) is 0 Å². The number of fused-ring (bicyclic) bond motifs is 5. The van der Waals surface area contributed by atoms with E-state index in [-0.39, 0.29) is 0 Å². The van der Waals surface area contributed by atoms with Crippen LogP contribution in [-0.4, -0.2) is 5.11 Å². The summed E-state index contributed by atoms with van der Waals surface area (Å²) in [6.45, 7) is 1.96. The van der Waals surface area contributed by atoms with Crippen LogP contribution in [0.25, 0.3) is 0 Å². The third kappa shape index (κ3) is 1.51. The molecule has 5 atom stereocenters. The average molecular weight is 252 g/mol. The summed E-state index contributed by atoms with van der Waals surface area (Å²) in [7, 11) is 0. The first-order valence-corrected chi connectivity index (χ1v) is 7.34. The maximum Gasteiger partial charge on any atom is 0.108 e. The van der Waals surface area contributed by atoms with Gasteiger partial charge in [-0.15, -0.1) is 0 Å². The Morgan fingerprint density at radius 3 is 2.79 bits per heavy atom. The molecule has 1 aromatic carbocycles. The fourth-order valence-corrected chi connectivity index (χ4v) is 4.54. The van der Waals surface area contributed by atoms with Crippen LogP contribution >= 0.6 is 0 Å². The van der Waals surface area contributed by atoms with Crippen LogP contribution in [0.15, 0.2) is 54.1 Å². The van der Waals surface area contributed by atoms with E-state index in [9.17, 15) is 5.11 Å². The number of allylic oxidation sites excluding steroid dienone is 3. The van der Waals surface area contributed by atoms with Gasteiger partial charge in [-0.3, -0.25) is 0 Å². The average Bonchev–Trinajstić information content (AvgIpc) is 3.12. The third-order valence-corrected chi connectivity index (χ3v) is 5.49. The summed E-state index contributed by atoms with van der Waals surface area (Å²) in [6.07, 6.45) is 9.60. The Labute approximate surface area is 114 Å². The van der Waals surface area contributed by atoms with Crippen LogP contribution in [0.5, 0.6) is 0 Å². The maximum absolute atomic E-state index is 11.0. The molecule has 1 aromatic rings. The van der Waals surface area contributed by atoms with Crippen molar-refractivity contribution in [1.82, 2.24) is 0 Å². The SMILES string of the molecule is CC(O)(C1=CC2CC1C1C=CCC21)c1ccccc1. The molecule has 1 nitrogen and oxygen atoms in total. The van der Waals surface area contributed by atoms with Gasteiger partial charge < -0.3 is 5.11 Å². The molecule has 2 bridgehead atoms. The molecule has 0 spiro atoms. The maximum atomic E-state index is 11.0. The number of rotatable bonds is 2. The second kappa shape index (κ2) is 3.83. The predicted octanol–water partition coefficient (Wildman–Crippen LogP) is 3.66. The van der Waals surface area contributed by atoms with Crippen LogP contribution in [0, 0.1) is 23.7 Å². The minimum atomic E-state index is -0.803. The van der Waals surface area contributed by atoms with Crippen molar-refractivity contribution in [2.75, 3.05) is 0 Å². The zero-order valence-corrected chi connectivity index (χ0v) is 11.3. The second-order valence-corrected chi connectivity index (χ2v) is 6.47. The van der Waals surface area contributed by atoms with Gasteiger partial charge in [-0.2, -0.15) is 0 Å². The monoisotopic (exact) mass is 252 g/mol. The van der Waals surface area contributed by atoms with Crippen molar-refractivity contribution in [1.29, 1.82) is 0 Å². The first kappa shape index (κ1) is 11.5. The van der Waals surface area contributed by atoms with Crippen LogP contribution in [0.3, 0.4) is 0 Å². The van der Waals surface area contributed by atoms with Gasteiger partial charge in [0, 0.05) is 0 Å². The molecule has 0 aromatic heterocycles. The van der Waals surface area contributed by atoms with E-state index >= 15 is 0 Å². The lowest BCUT2D eigenvalue weighted by atomic mass is 9.74. The highest BCUT2D eigenvalue weighted by Crippen LogP contribution is 2.58. The number of hydrogen-bond acceptors (Lipinski definition) is 1. The van der Waals surface area contributed by atoms with E-state index in [0.29, 0.717) is 17.8 Å². The number of hydrogen-bond donors (Lipinski definition) is 1. The summed E-state index contributed by atoms with van der Waals surface area (Å²) in [5.41, 5.74) is 1.48. The fraction of sp³-hybridized carbons (Fsp3) is 0.444. The van der Waals surface area contributed by atoms with E-state index in [1.54, 1.807) is 0 Å². The summed E-state index contributed by atoms with van der Waals surface area (Å²) in [4.78, 5) is 0. The molecule has 19 heavy (non-hydrogen) atoms. The summed E-state index contributed by atoms with van der Waals surface area (Å²) in [5, 5.41) is 11.0. The van der Waals surface area contributed by atoms with Crippen molar-refractivity contribution in [3.8, 4) is 0 Å². The van der Waals surface area contributed by atoms with Gasteiger partial charge in [-0.1, -0.05) is 48.6 Å². The van der Waals surface area contributed by atoms with Gasteiger partial charge in [-0.05, 0) is 54.6 Å². The minimum Gasteiger partial charge on any atom is -0.381 e. The summed E-state index contributed by atoms with van der Waals surface area (Å²) < 4.78 is 0. The molecular formula is C18H20O. The summed E-state index contributed by atoms with van der Waals surface area (Å²) >= 11 is 0. The highest BCUT2D eigenvalue weighted by Gasteiger charge is 2.51. The molecule has 3 aliphatic rings. The lowest BCUT2D eigenvalue weighted by Crippen LogP contribution is -2.31. The first-order chi connectivity index (χ1) is 9.18. The number of aliphatic hydroxyl groups is 1. The van der Waals surface area contributed by atoms with E-state index < -0.39 is 5.60 Å². The normalized spacial score (nSPS) is 38.1. The lowest BCUT2D eigenvalue weighted by molar-refractivity contribution is 0.0820. The zero-order chi connectivity index (χ0) is 13.0. The topological polar surface area (TPSA) is 20.2 Å². The lowest BCUT2D eigenvalue weighted by Gasteiger charge is -2.34. The fourth-order valence-electron chi connectivity index (χ4n) is 4.54. The van der Waals surface area contributed by atoms with Gasteiger partial charge in [0.2, 0.25) is 0 Å². The largest absolute Gasteiger partial charge is 0.381 e. The van der Waals surface area contributed by atoms with Gasteiger partial charge in [0.15, 0.2) is 0 Å². The Balaban J connectivity index is 1.72. The minimum absolute atomic E-state index is 0.559. The molecule has 0 aliphatic heterocycles. The van der Waals surface area contributed by atoms with Gasteiger partial charge in [-0.25, -0.2) is 0 Å². The van der Waals surface area contributed by atoms with E-state index in [0.717, 1.165) is 11.5 Å². The Bertz CT molecular complexity index is 552. The van der Waals surface area contributed by atoms with Crippen LogP contribution in [0.2, 0.25) is 0 Å². The molecule has 0 saturated heterocycles. The van der Waals surface area contributed by atoms with E-state index in [2.05, 4.69) is 18.2 Å². The molecule has 3 aliphatic carbocycles.